The molecule has 0 radical (unpaired) electrons. The van der Waals surface area contributed by atoms with Crippen LogP contribution in [0.25, 0.3) is 0 Å². The van der Waals surface area contributed by atoms with Gasteiger partial charge in [0.25, 0.3) is 5.91 Å². The molecule has 1 saturated heterocycles. The number of amides is 1. The van der Waals surface area contributed by atoms with Crippen molar-refractivity contribution in [2.45, 2.75) is 30.1 Å². The number of carbonyl (C=O) groups is 1. The molecule has 2 heterocycles. The average Bonchev–Trinajstić information content (AvgIpc) is 2.68. The molecule has 25 heavy (non-hydrogen) atoms. The molecule has 5 nitrogen and oxygen atoms in total. The summed E-state index contributed by atoms with van der Waals surface area (Å²) in [5.41, 5.74) is 1.53. The van der Waals surface area contributed by atoms with Crippen molar-refractivity contribution in [3.8, 4) is 0 Å². The highest BCUT2D eigenvalue weighted by atomic mass is 32.2. The molecule has 132 valence electrons. The summed E-state index contributed by atoms with van der Waals surface area (Å²) < 4.78 is 11.5. The van der Waals surface area contributed by atoms with Gasteiger partial charge in [0.15, 0.2) is 0 Å². The molecule has 2 atom stereocenters. The Hall–Kier alpha value is -1.89. The van der Waals surface area contributed by atoms with Crippen LogP contribution in [0.15, 0.2) is 53.6 Å². The number of rotatable bonds is 6. The summed E-state index contributed by atoms with van der Waals surface area (Å²) >= 11 is 1.66. The van der Waals surface area contributed by atoms with Crippen LogP contribution < -0.4 is 5.32 Å². The van der Waals surface area contributed by atoms with Crippen LogP contribution in [-0.4, -0.2) is 42.5 Å². The minimum Gasteiger partial charge on any atom is -0.379 e. The summed E-state index contributed by atoms with van der Waals surface area (Å²) in [5.74, 6) is -0.0778. The summed E-state index contributed by atoms with van der Waals surface area (Å²) in [7, 11) is 0. The number of benzene rings is 1. The van der Waals surface area contributed by atoms with E-state index in [1.165, 1.54) is 0 Å². The Morgan fingerprint density at radius 2 is 2.16 bits per heavy atom. The first kappa shape index (κ1) is 17.9. The van der Waals surface area contributed by atoms with Gasteiger partial charge < -0.3 is 14.8 Å². The van der Waals surface area contributed by atoms with Crippen molar-refractivity contribution in [1.82, 2.24) is 10.3 Å². The van der Waals surface area contributed by atoms with E-state index in [1.54, 1.807) is 18.0 Å². The van der Waals surface area contributed by atoms with E-state index in [2.05, 4.69) is 10.3 Å². The van der Waals surface area contributed by atoms with E-state index in [0.29, 0.717) is 25.4 Å². The molecule has 1 amide bonds. The molecular weight excluding hydrogens is 336 g/mol. The highest BCUT2D eigenvalue weighted by Gasteiger charge is 2.28. The second kappa shape index (κ2) is 8.99. The van der Waals surface area contributed by atoms with Gasteiger partial charge in [0, 0.05) is 23.3 Å². The molecule has 1 aromatic carbocycles. The van der Waals surface area contributed by atoms with Crippen LogP contribution >= 0.6 is 11.8 Å². The lowest BCUT2D eigenvalue weighted by molar-refractivity contribution is -0.0743. The van der Waals surface area contributed by atoms with Crippen LogP contribution in [0.4, 0.5) is 0 Å². The minimum absolute atomic E-state index is 0.0646. The van der Waals surface area contributed by atoms with E-state index in [0.717, 1.165) is 17.0 Å². The lowest BCUT2D eigenvalue weighted by Crippen LogP contribution is -2.49. The van der Waals surface area contributed by atoms with Crippen molar-refractivity contribution in [3.05, 3.63) is 59.9 Å². The lowest BCUT2D eigenvalue weighted by Gasteiger charge is -2.32. The monoisotopic (exact) mass is 358 g/mol. The fourth-order valence-corrected chi connectivity index (χ4v) is 3.12. The van der Waals surface area contributed by atoms with Gasteiger partial charge in [0.05, 0.1) is 24.9 Å². The van der Waals surface area contributed by atoms with Crippen molar-refractivity contribution < 1.29 is 14.3 Å². The van der Waals surface area contributed by atoms with Gasteiger partial charge in [-0.3, -0.25) is 9.78 Å². The van der Waals surface area contributed by atoms with E-state index in [9.17, 15) is 4.79 Å². The second-order valence-electron chi connectivity index (χ2n) is 5.84. The van der Waals surface area contributed by atoms with Gasteiger partial charge >= 0.3 is 0 Å². The molecule has 0 unspecified atom stereocenters. The van der Waals surface area contributed by atoms with E-state index in [4.69, 9.17) is 9.47 Å². The Morgan fingerprint density at radius 1 is 1.32 bits per heavy atom. The predicted molar refractivity (Wildman–Crippen MR) is 97.7 cm³/mol. The fraction of sp³-hybridized carbons (Fsp3) is 0.368. The van der Waals surface area contributed by atoms with Gasteiger partial charge in [-0.2, -0.15) is 0 Å². The van der Waals surface area contributed by atoms with Crippen molar-refractivity contribution in [3.63, 3.8) is 0 Å². The smallest absolute Gasteiger partial charge is 0.251 e. The molecule has 1 aliphatic heterocycles. The number of pyridine rings is 1. The third-order valence-corrected chi connectivity index (χ3v) is 4.89. The number of aromatic nitrogens is 1. The molecule has 1 N–H and O–H groups in total. The summed E-state index contributed by atoms with van der Waals surface area (Å²) in [4.78, 5) is 17.9. The largest absolute Gasteiger partial charge is 0.379 e. The molecule has 1 aromatic heterocycles. The number of carbonyl (C=O) groups excluding carboxylic acids is 1. The van der Waals surface area contributed by atoms with Gasteiger partial charge in [-0.15, -0.1) is 11.8 Å². The molecule has 1 aliphatic rings. The van der Waals surface area contributed by atoms with Crippen LogP contribution in [0.2, 0.25) is 0 Å². The zero-order valence-electron chi connectivity index (χ0n) is 14.2. The standard InChI is InChI=1S/C19H22N2O3S/c1-25-16-7-5-14(6-8-16)19(22)21-17-9-11-23-13-18(17)24-12-15-4-2-3-10-20-15/h2-8,10,17-18H,9,11-13H2,1H3,(H,21,22)/t17-,18-/m1/s1. The van der Waals surface area contributed by atoms with Crippen molar-refractivity contribution in [1.29, 1.82) is 0 Å². The highest BCUT2D eigenvalue weighted by molar-refractivity contribution is 7.98. The minimum atomic E-state index is -0.176. The summed E-state index contributed by atoms with van der Waals surface area (Å²) in [6.07, 6.45) is 4.32. The Bertz CT molecular complexity index is 679. The third-order valence-electron chi connectivity index (χ3n) is 4.14. The van der Waals surface area contributed by atoms with Crippen LogP contribution in [0.3, 0.4) is 0 Å². The molecule has 6 heteroatoms. The molecule has 0 saturated carbocycles. The van der Waals surface area contributed by atoms with Crippen LogP contribution in [0, 0.1) is 0 Å². The predicted octanol–water partition coefficient (Wildman–Crippen LogP) is 2.91. The quantitative estimate of drug-likeness (QED) is 0.805. The number of nitrogens with one attached hydrogen (secondary N) is 1. The zero-order chi connectivity index (χ0) is 17.5. The van der Waals surface area contributed by atoms with Gasteiger partial charge in [-0.05, 0) is 49.1 Å². The van der Waals surface area contributed by atoms with E-state index in [1.807, 2.05) is 48.7 Å². The molecular formula is C19H22N2O3S. The zero-order valence-corrected chi connectivity index (χ0v) is 15.0. The van der Waals surface area contributed by atoms with Crippen LogP contribution in [-0.2, 0) is 16.1 Å². The van der Waals surface area contributed by atoms with Crippen molar-refractivity contribution in [2.75, 3.05) is 19.5 Å². The second-order valence-corrected chi connectivity index (χ2v) is 6.72. The Kier molecular flexibility index (Phi) is 6.44. The maximum Gasteiger partial charge on any atom is 0.251 e. The van der Waals surface area contributed by atoms with Gasteiger partial charge in [-0.25, -0.2) is 0 Å². The Balaban J connectivity index is 1.59. The van der Waals surface area contributed by atoms with Crippen LogP contribution in [0.5, 0.6) is 0 Å². The molecule has 3 rings (SSSR count). The average molecular weight is 358 g/mol. The number of nitrogens with zero attached hydrogens (tertiary/aromatic N) is 1. The Labute approximate surface area is 152 Å². The van der Waals surface area contributed by atoms with Crippen molar-refractivity contribution in [2.24, 2.45) is 0 Å². The first-order valence-electron chi connectivity index (χ1n) is 8.30. The molecule has 2 aromatic rings. The fourth-order valence-electron chi connectivity index (χ4n) is 2.71. The molecule has 0 bridgehead atoms. The maximum atomic E-state index is 12.5. The van der Waals surface area contributed by atoms with Gasteiger partial charge in [0.2, 0.25) is 0 Å². The summed E-state index contributed by atoms with van der Waals surface area (Å²) in [5, 5.41) is 3.09. The number of ether oxygens (including phenoxy) is 2. The van der Waals surface area contributed by atoms with Gasteiger partial charge in [0.1, 0.15) is 6.10 Å². The highest BCUT2D eigenvalue weighted by Crippen LogP contribution is 2.17. The number of hydrogen-bond acceptors (Lipinski definition) is 5. The lowest BCUT2D eigenvalue weighted by atomic mass is 10.1. The first-order chi connectivity index (χ1) is 12.3. The molecule has 0 aliphatic carbocycles. The first-order valence-corrected chi connectivity index (χ1v) is 9.53. The van der Waals surface area contributed by atoms with Crippen LogP contribution in [0.1, 0.15) is 22.5 Å². The van der Waals surface area contributed by atoms with Gasteiger partial charge in [-0.1, -0.05) is 6.07 Å². The molecule has 1 fully saturated rings. The van der Waals surface area contributed by atoms with E-state index < -0.39 is 0 Å². The number of thioether (sulfide) groups is 1. The topological polar surface area (TPSA) is 60.5 Å². The SMILES string of the molecule is CSc1ccc(C(=O)N[C@@H]2CCOC[C@H]2OCc2ccccn2)cc1. The summed E-state index contributed by atoms with van der Waals surface area (Å²) in [6, 6.07) is 13.3. The summed E-state index contributed by atoms with van der Waals surface area (Å²) in [6.45, 7) is 1.51. The molecule has 0 spiro atoms. The normalized spacial score (nSPS) is 20.2. The maximum absolute atomic E-state index is 12.5. The Morgan fingerprint density at radius 3 is 2.88 bits per heavy atom. The van der Waals surface area contributed by atoms with Crippen molar-refractivity contribution >= 4 is 17.7 Å². The van der Waals surface area contributed by atoms with E-state index in [-0.39, 0.29) is 18.1 Å². The number of hydrogen-bond donors (Lipinski definition) is 1. The van der Waals surface area contributed by atoms with E-state index >= 15 is 0 Å². The third kappa shape index (κ3) is 5.04.